The van der Waals surface area contributed by atoms with Crippen LogP contribution >= 0.6 is 39.3 Å². The van der Waals surface area contributed by atoms with Gasteiger partial charge in [-0.3, -0.25) is 0 Å². The summed E-state index contributed by atoms with van der Waals surface area (Å²) in [6, 6.07) is 8.12. The number of hydrogen-bond donors (Lipinski definition) is 0. The summed E-state index contributed by atoms with van der Waals surface area (Å²) in [5.41, 5.74) is 1.00. The van der Waals surface area contributed by atoms with Crippen LogP contribution in [0.15, 0.2) is 45.0 Å². The van der Waals surface area contributed by atoms with Gasteiger partial charge in [0.05, 0.1) is 0 Å². The summed E-state index contributed by atoms with van der Waals surface area (Å²) >= 11 is 11.2. The van der Waals surface area contributed by atoms with Gasteiger partial charge < -0.3 is 0 Å². The summed E-state index contributed by atoms with van der Waals surface area (Å²) in [5, 5.41) is 1.46. The molecule has 0 amide bonds. The first-order valence-electron chi connectivity index (χ1n) is 5.51. The van der Waals surface area contributed by atoms with E-state index in [0.717, 1.165) is 20.0 Å². The van der Waals surface area contributed by atoms with E-state index >= 15 is 0 Å². The molecule has 94 valence electrons. The molecule has 0 aliphatic rings. The van der Waals surface area contributed by atoms with Crippen molar-refractivity contribution >= 4 is 39.3 Å². The van der Waals surface area contributed by atoms with Gasteiger partial charge in [0.2, 0.25) is 0 Å². The number of benzene rings is 1. The topological polar surface area (TPSA) is 25.8 Å². The van der Waals surface area contributed by atoms with Crippen LogP contribution in [0.1, 0.15) is 25.3 Å². The third kappa shape index (κ3) is 3.25. The SMILES string of the molecule is CC(C)c1c(Cl)ncnc1Sc1cccc(Br)c1. The fourth-order valence-electron chi connectivity index (χ4n) is 1.57. The smallest absolute Gasteiger partial charge is 0.137 e. The van der Waals surface area contributed by atoms with Crippen LogP contribution in [0.2, 0.25) is 5.15 Å². The molecule has 0 saturated carbocycles. The minimum Gasteiger partial charge on any atom is -0.229 e. The van der Waals surface area contributed by atoms with Crippen molar-refractivity contribution in [2.24, 2.45) is 0 Å². The maximum absolute atomic E-state index is 6.15. The van der Waals surface area contributed by atoms with Gasteiger partial charge in [0.1, 0.15) is 16.5 Å². The van der Waals surface area contributed by atoms with Crippen molar-refractivity contribution in [1.82, 2.24) is 9.97 Å². The third-order valence-corrected chi connectivity index (χ3v) is 4.19. The molecule has 0 bridgehead atoms. The quantitative estimate of drug-likeness (QED) is 0.719. The first-order chi connectivity index (χ1) is 8.58. The Morgan fingerprint density at radius 1 is 1.28 bits per heavy atom. The van der Waals surface area contributed by atoms with Gasteiger partial charge in [0.15, 0.2) is 0 Å². The number of halogens is 2. The third-order valence-electron chi connectivity index (χ3n) is 2.39. The minimum absolute atomic E-state index is 0.299. The van der Waals surface area contributed by atoms with Gasteiger partial charge in [-0.15, -0.1) is 0 Å². The van der Waals surface area contributed by atoms with E-state index in [2.05, 4.69) is 51.9 Å². The molecule has 0 aliphatic carbocycles. The van der Waals surface area contributed by atoms with Crippen LogP contribution in [-0.2, 0) is 0 Å². The van der Waals surface area contributed by atoms with Gasteiger partial charge in [-0.2, -0.15) is 0 Å². The first-order valence-corrected chi connectivity index (χ1v) is 7.50. The summed E-state index contributed by atoms with van der Waals surface area (Å²) in [7, 11) is 0. The van der Waals surface area contributed by atoms with E-state index in [1.165, 1.54) is 6.33 Å². The molecule has 0 fully saturated rings. The van der Waals surface area contributed by atoms with E-state index in [-0.39, 0.29) is 0 Å². The molecule has 1 aromatic carbocycles. The number of aromatic nitrogens is 2. The maximum Gasteiger partial charge on any atom is 0.137 e. The second-order valence-electron chi connectivity index (χ2n) is 4.10. The van der Waals surface area contributed by atoms with Crippen molar-refractivity contribution in [3.05, 3.63) is 45.8 Å². The summed E-state index contributed by atoms with van der Waals surface area (Å²) in [6.07, 6.45) is 1.51. The largest absolute Gasteiger partial charge is 0.229 e. The molecule has 0 aliphatic heterocycles. The van der Waals surface area contributed by atoms with Crippen LogP contribution in [0.4, 0.5) is 0 Å². The normalized spacial score (nSPS) is 10.9. The standard InChI is InChI=1S/C13H12BrClN2S/c1-8(2)11-12(15)16-7-17-13(11)18-10-5-3-4-9(14)6-10/h3-8H,1-2H3. The second kappa shape index (κ2) is 6.04. The monoisotopic (exact) mass is 342 g/mol. The van der Waals surface area contributed by atoms with Gasteiger partial charge in [-0.1, -0.05) is 59.2 Å². The Kier molecular flexibility index (Phi) is 4.65. The van der Waals surface area contributed by atoms with Gasteiger partial charge >= 0.3 is 0 Å². The number of nitrogens with zero attached hydrogens (tertiary/aromatic N) is 2. The highest BCUT2D eigenvalue weighted by Gasteiger charge is 2.14. The van der Waals surface area contributed by atoms with E-state index in [9.17, 15) is 0 Å². The fraction of sp³-hybridized carbons (Fsp3) is 0.231. The van der Waals surface area contributed by atoms with Crippen LogP contribution in [0.25, 0.3) is 0 Å². The highest BCUT2D eigenvalue weighted by molar-refractivity contribution is 9.10. The van der Waals surface area contributed by atoms with E-state index < -0.39 is 0 Å². The Morgan fingerprint density at radius 2 is 2.06 bits per heavy atom. The molecule has 18 heavy (non-hydrogen) atoms. The molecule has 2 rings (SSSR count). The average molecular weight is 344 g/mol. The molecule has 5 heteroatoms. The Labute approximate surface area is 124 Å². The van der Waals surface area contributed by atoms with Gasteiger partial charge in [-0.05, 0) is 24.1 Å². The second-order valence-corrected chi connectivity index (χ2v) is 6.43. The summed E-state index contributed by atoms with van der Waals surface area (Å²) in [6.45, 7) is 4.19. The molecule has 2 aromatic rings. The van der Waals surface area contributed by atoms with E-state index in [4.69, 9.17) is 11.6 Å². The van der Waals surface area contributed by atoms with Crippen molar-refractivity contribution in [2.75, 3.05) is 0 Å². The van der Waals surface area contributed by atoms with E-state index in [0.29, 0.717) is 11.1 Å². The highest BCUT2D eigenvalue weighted by Crippen LogP contribution is 2.35. The molecule has 0 radical (unpaired) electrons. The van der Waals surface area contributed by atoms with Crippen molar-refractivity contribution in [1.29, 1.82) is 0 Å². The molecule has 1 aromatic heterocycles. The van der Waals surface area contributed by atoms with E-state index in [1.54, 1.807) is 11.8 Å². The molecule has 2 nitrogen and oxygen atoms in total. The highest BCUT2D eigenvalue weighted by atomic mass is 79.9. The molecule has 0 atom stereocenters. The maximum atomic E-state index is 6.15. The lowest BCUT2D eigenvalue weighted by atomic mass is 10.1. The Morgan fingerprint density at radius 3 is 2.72 bits per heavy atom. The zero-order valence-electron chi connectivity index (χ0n) is 10.0. The van der Waals surface area contributed by atoms with Crippen LogP contribution in [-0.4, -0.2) is 9.97 Å². The van der Waals surface area contributed by atoms with Crippen molar-refractivity contribution in [3.63, 3.8) is 0 Å². The van der Waals surface area contributed by atoms with E-state index in [1.807, 2.05) is 12.1 Å². The van der Waals surface area contributed by atoms with Crippen molar-refractivity contribution in [2.45, 2.75) is 29.7 Å². The van der Waals surface area contributed by atoms with Crippen LogP contribution in [0, 0.1) is 0 Å². The predicted octanol–water partition coefficient (Wildman–Crippen LogP) is 5.17. The lowest BCUT2D eigenvalue weighted by Gasteiger charge is -2.12. The van der Waals surface area contributed by atoms with Crippen molar-refractivity contribution < 1.29 is 0 Å². The number of rotatable bonds is 3. The fourth-order valence-corrected chi connectivity index (χ4v) is 3.62. The van der Waals surface area contributed by atoms with Crippen molar-refractivity contribution in [3.8, 4) is 0 Å². The van der Waals surface area contributed by atoms with Gasteiger partial charge in [0, 0.05) is 14.9 Å². The predicted molar refractivity (Wildman–Crippen MR) is 79.4 cm³/mol. The lowest BCUT2D eigenvalue weighted by molar-refractivity contribution is 0.803. The Balaban J connectivity index is 2.37. The average Bonchev–Trinajstić information content (AvgIpc) is 2.28. The molecular weight excluding hydrogens is 332 g/mol. The van der Waals surface area contributed by atoms with Gasteiger partial charge in [0.25, 0.3) is 0 Å². The zero-order valence-corrected chi connectivity index (χ0v) is 13.2. The zero-order chi connectivity index (χ0) is 13.1. The van der Waals surface area contributed by atoms with Crippen LogP contribution < -0.4 is 0 Å². The first kappa shape index (κ1) is 13.8. The molecule has 0 unspecified atom stereocenters. The van der Waals surface area contributed by atoms with Crippen LogP contribution in [0.5, 0.6) is 0 Å². The molecular formula is C13H12BrClN2S. The summed E-state index contributed by atoms with van der Waals surface area (Å²) in [5.74, 6) is 0.299. The Bertz CT molecular complexity index is 560. The summed E-state index contributed by atoms with van der Waals surface area (Å²) < 4.78 is 1.05. The molecule has 0 spiro atoms. The number of hydrogen-bond acceptors (Lipinski definition) is 3. The lowest BCUT2D eigenvalue weighted by Crippen LogP contribution is -1.97. The van der Waals surface area contributed by atoms with Gasteiger partial charge in [-0.25, -0.2) is 9.97 Å². The molecule has 1 heterocycles. The summed E-state index contributed by atoms with van der Waals surface area (Å²) in [4.78, 5) is 9.52. The molecule has 0 saturated heterocycles. The minimum atomic E-state index is 0.299. The van der Waals surface area contributed by atoms with Crippen LogP contribution in [0.3, 0.4) is 0 Å². The molecule has 0 N–H and O–H groups in total. The Hall–Kier alpha value is -0.580.